The van der Waals surface area contributed by atoms with Gasteiger partial charge in [-0.3, -0.25) is 0 Å². The van der Waals surface area contributed by atoms with Crippen molar-refractivity contribution in [1.82, 2.24) is 0 Å². The Morgan fingerprint density at radius 1 is 1.20 bits per heavy atom. The summed E-state index contributed by atoms with van der Waals surface area (Å²) in [4.78, 5) is 0. The largest absolute Gasteiger partial charge is 0.306 e. The predicted octanol–water partition coefficient (Wildman–Crippen LogP) is 3.13. The zero-order valence-electron chi connectivity index (χ0n) is 9.52. The summed E-state index contributed by atoms with van der Waals surface area (Å²) in [6.45, 7) is 5.28. The number of fused-ring (bicyclic) bond motifs is 1. The van der Waals surface area contributed by atoms with E-state index in [2.05, 4.69) is 37.3 Å². The first-order valence-corrected chi connectivity index (χ1v) is 6.24. The molecule has 2 saturated heterocycles. The molecule has 0 bridgehead atoms. The number of nitrogens with zero attached hydrogens (tertiary/aromatic N) is 1. The van der Waals surface area contributed by atoms with E-state index in [9.17, 15) is 0 Å². The van der Waals surface area contributed by atoms with Gasteiger partial charge in [0.15, 0.2) is 0 Å². The maximum absolute atomic E-state index is 2.42. The van der Waals surface area contributed by atoms with E-state index in [1.165, 1.54) is 42.4 Å². The highest BCUT2D eigenvalue weighted by atomic mass is 15.5. The molecule has 0 amide bonds. The fourth-order valence-corrected chi connectivity index (χ4v) is 3.45. The van der Waals surface area contributed by atoms with Crippen LogP contribution in [0.1, 0.15) is 37.8 Å². The van der Waals surface area contributed by atoms with Crippen LogP contribution in [0.3, 0.4) is 0 Å². The van der Waals surface area contributed by atoms with E-state index in [1.807, 2.05) is 0 Å². The average molecular weight is 202 g/mol. The zero-order valence-corrected chi connectivity index (χ0v) is 9.52. The van der Waals surface area contributed by atoms with Crippen molar-refractivity contribution >= 4 is 0 Å². The number of piperidine rings is 1. The van der Waals surface area contributed by atoms with Crippen molar-refractivity contribution in [3.05, 3.63) is 35.9 Å². The molecule has 1 aromatic rings. The molecule has 2 aliphatic heterocycles. The third-order valence-corrected chi connectivity index (χ3v) is 4.56. The Labute approximate surface area is 92.3 Å². The van der Waals surface area contributed by atoms with Gasteiger partial charge in [0.25, 0.3) is 0 Å². The van der Waals surface area contributed by atoms with E-state index in [0.717, 1.165) is 12.1 Å². The van der Waals surface area contributed by atoms with E-state index in [4.69, 9.17) is 0 Å². The Balaban J connectivity index is 1.83. The Bertz CT molecular complexity index is 346. The number of hydrogen-bond donors (Lipinski definition) is 0. The summed E-state index contributed by atoms with van der Waals surface area (Å²) in [7, 11) is 0. The third kappa shape index (κ3) is 1.41. The van der Waals surface area contributed by atoms with Crippen molar-refractivity contribution in [2.75, 3.05) is 13.1 Å². The molecule has 1 unspecified atom stereocenters. The smallest absolute Gasteiger partial charge is 0.139 e. The molecule has 80 valence electrons. The maximum Gasteiger partial charge on any atom is 0.139 e. The van der Waals surface area contributed by atoms with Gasteiger partial charge >= 0.3 is 0 Å². The number of benzene rings is 1. The lowest BCUT2D eigenvalue weighted by Gasteiger charge is -2.30. The molecule has 1 heteroatoms. The predicted molar refractivity (Wildman–Crippen MR) is 62.5 cm³/mol. The van der Waals surface area contributed by atoms with Gasteiger partial charge in [-0.15, -0.1) is 0 Å². The SMILES string of the molecule is C[C@H](c1ccccc1)[N+]12CCCC[C@@H]1C2. The fourth-order valence-electron chi connectivity index (χ4n) is 3.45. The van der Waals surface area contributed by atoms with Crippen LogP contribution in [0.15, 0.2) is 30.3 Å². The zero-order chi connectivity index (χ0) is 10.3. The monoisotopic (exact) mass is 202 g/mol. The molecule has 0 aromatic heterocycles. The van der Waals surface area contributed by atoms with Gasteiger partial charge < -0.3 is 4.48 Å². The van der Waals surface area contributed by atoms with Crippen molar-refractivity contribution in [1.29, 1.82) is 0 Å². The highest BCUT2D eigenvalue weighted by molar-refractivity contribution is 5.17. The molecule has 1 nitrogen and oxygen atoms in total. The van der Waals surface area contributed by atoms with E-state index < -0.39 is 0 Å². The van der Waals surface area contributed by atoms with Crippen molar-refractivity contribution in [3.63, 3.8) is 0 Å². The van der Waals surface area contributed by atoms with Gasteiger partial charge in [0, 0.05) is 12.0 Å². The summed E-state index contributed by atoms with van der Waals surface area (Å²) in [6.07, 6.45) is 4.37. The van der Waals surface area contributed by atoms with E-state index >= 15 is 0 Å². The van der Waals surface area contributed by atoms with Crippen LogP contribution in [0, 0.1) is 0 Å². The molecule has 3 rings (SSSR count). The van der Waals surface area contributed by atoms with Crippen LogP contribution in [0.25, 0.3) is 0 Å². The lowest BCUT2D eigenvalue weighted by molar-refractivity contribution is -0.849. The number of quaternary nitrogens is 1. The maximum atomic E-state index is 2.42. The average Bonchev–Trinajstić information content (AvgIpc) is 3.05. The quantitative estimate of drug-likeness (QED) is 0.510. The van der Waals surface area contributed by atoms with Crippen LogP contribution in [-0.2, 0) is 0 Å². The summed E-state index contributed by atoms with van der Waals surface area (Å²) in [5.41, 5.74) is 1.53. The van der Waals surface area contributed by atoms with Gasteiger partial charge in [-0.25, -0.2) is 0 Å². The Kier molecular flexibility index (Phi) is 2.10. The first-order chi connectivity index (χ1) is 7.33. The minimum absolute atomic E-state index is 0.719. The van der Waals surface area contributed by atoms with Gasteiger partial charge in [-0.2, -0.15) is 0 Å². The molecule has 3 atom stereocenters. The van der Waals surface area contributed by atoms with Crippen molar-refractivity contribution < 1.29 is 4.48 Å². The van der Waals surface area contributed by atoms with Gasteiger partial charge in [-0.1, -0.05) is 30.3 Å². The van der Waals surface area contributed by atoms with Gasteiger partial charge in [0.1, 0.15) is 18.6 Å². The summed E-state index contributed by atoms with van der Waals surface area (Å²) >= 11 is 0. The first kappa shape index (κ1) is 9.41. The molecular formula is C14H20N+. The molecule has 1 aromatic carbocycles. The Morgan fingerprint density at radius 2 is 2.00 bits per heavy atom. The Hall–Kier alpha value is -0.820. The highest BCUT2D eigenvalue weighted by Crippen LogP contribution is 2.47. The molecule has 2 fully saturated rings. The lowest BCUT2D eigenvalue weighted by Crippen LogP contribution is -2.35. The Morgan fingerprint density at radius 3 is 2.73 bits per heavy atom. The minimum Gasteiger partial charge on any atom is -0.306 e. The van der Waals surface area contributed by atoms with Gasteiger partial charge in [0.05, 0.1) is 6.54 Å². The second-order valence-corrected chi connectivity index (χ2v) is 5.25. The molecule has 0 N–H and O–H groups in total. The fraction of sp³-hybridized carbons (Fsp3) is 0.571. The van der Waals surface area contributed by atoms with Crippen LogP contribution < -0.4 is 0 Å². The number of hydrogen-bond acceptors (Lipinski definition) is 0. The third-order valence-electron chi connectivity index (χ3n) is 4.56. The van der Waals surface area contributed by atoms with Crippen molar-refractivity contribution in [2.24, 2.45) is 0 Å². The summed E-state index contributed by atoms with van der Waals surface area (Å²) in [5, 5.41) is 0. The van der Waals surface area contributed by atoms with E-state index in [-0.39, 0.29) is 0 Å². The van der Waals surface area contributed by atoms with Crippen LogP contribution in [-0.4, -0.2) is 23.6 Å². The van der Waals surface area contributed by atoms with Crippen LogP contribution >= 0.6 is 0 Å². The molecule has 15 heavy (non-hydrogen) atoms. The second-order valence-electron chi connectivity index (χ2n) is 5.25. The molecular weight excluding hydrogens is 182 g/mol. The van der Waals surface area contributed by atoms with Crippen LogP contribution in [0.4, 0.5) is 0 Å². The second kappa shape index (κ2) is 3.34. The topological polar surface area (TPSA) is 0 Å². The molecule has 2 aliphatic rings. The van der Waals surface area contributed by atoms with Gasteiger partial charge in [-0.05, 0) is 19.8 Å². The highest BCUT2D eigenvalue weighted by Gasteiger charge is 2.58. The number of rotatable bonds is 2. The molecule has 0 aliphatic carbocycles. The van der Waals surface area contributed by atoms with Crippen molar-refractivity contribution in [3.8, 4) is 0 Å². The summed E-state index contributed by atoms with van der Waals surface area (Å²) in [5.74, 6) is 0. The van der Waals surface area contributed by atoms with E-state index in [1.54, 1.807) is 0 Å². The van der Waals surface area contributed by atoms with Crippen molar-refractivity contribution in [2.45, 2.75) is 38.3 Å². The van der Waals surface area contributed by atoms with E-state index in [0.29, 0.717) is 0 Å². The molecule has 0 saturated carbocycles. The molecule has 0 spiro atoms. The molecule has 2 heterocycles. The van der Waals surface area contributed by atoms with Crippen LogP contribution in [0.5, 0.6) is 0 Å². The van der Waals surface area contributed by atoms with Crippen LogP contribution in [0.2, 0.25) is 0 Å². The lowest BCUT2D eigenvalue weighted by atomic mass is 10.0. The first-order valence-electron chi connectivity index (χ1n) is 6.24. The minimum atomic E-state index is 0.719. The normalized spacial score (nSPS) is 35.7. The van der Waals surface area contributed by atoms with Gasteiger partial charge in [0.2, 0.25) is 0 Å². The summed E-state index contributed by atoms with van der Waals surface area (Å²) in [6, 6.07) is 12.8. The standard InChI is InChI=1S/C14H20N/c1-12(13-7-3-2-4-8-13)15-10-6-5-9-14(15)11-15/h2-4,7-8,12,14H,5-6,9-11H2,1H3/q+1/t12-,14-,15?/m1/s1. The summed E-state index contributed by atoms with van der Waals surface area (Å²) < 4.78 is 1.39. The molecule has 0 radical (unpaired) electrons.